The number of nitrogens with zero attached hydrogens (tertiary/aromatic N) is 1. The molecule has 0 spiro atoms. The summed E-state index contributed by atoms with van der Waals surface area (Å²) >= 11 is 0. The average Bonchev–Trinajstić information content (AvgIpc) is 3.13. The Labute approximate surface area is 218 Å². The van der Waals surface area contributed by atoms with Crippen LogP contribution in [-0.4, -0.2) is 84.2 Å². The predicted molar refractivity (Wildman–Crippen MR) is 117 cm³/mol. The van der Waals surface area contributed by atoms with Crippen molar-refractivity contribution in [1.82, 2.24) is 20.9 Å². The van der Waals surface area contributed by atoms with Gasteiger partial charge >= 0.3 is 24.4 Å². The zero-order valence-corrected chi connectivity index (χ0v) is 20.6. The molecule has 3 N–H and O–H groups in total. The molecule has 16 heteroatoms. The largest absolute Gasteiger partial charge is 0.522 e. The Balaban J connectivity index is 1.50. The Hall–Kier alpha value is -2.91. The van der Waals surface area contributed by atoms with E-state index in [9.17, 15) is 50.3 Å². The zero-order valence-electron chi connectivity index (χ0n) is 20.6. The summed E-state index contributed by atoms with van der Waals surface area (Å²) in [6, 6.07) is -2.90. The third-order valence-corrected chi connectivity index (χ3v) is 8.03. The molecule has 218 valence electrons. The van der Waals surface area contributed by atoms with E-state index in [1.54, 1.807) is 5.32 Å². The highest BCUT2D eigenvalue weighted by molar-refractivity contribution is 6.35. The van der Waals surface area contributed by atoms with Gasteiger partial charge in [0, 0.05) is 19.0 Å². The average molecular weight is 570 g/mol. The Kier molecular flexibility index (Phi) is 7.89. The maximum Gasteiger partial charge on any atom is 0.522 e. The Morgan fingerprint density at radius 3 is 2.33 bits per heavy atom. The fourth-order valence-electron chi connectivity index (χ4n) is 5.79. The number of rotatable bonds is 8. The van der Waals surface area contributed by atoms with Crippen molar-refractivity contribution in [2.24, 2.45) is 17.8 Å². The van der Waals surface area contributed by atoms with Gasteiger partial charge in [-0.15, -0.1) is 13.2 Å². The first-order valence-corrected chi connectivity index (χ1v) is 12.6. The van der Waals surface area contributed by atoms with Gasteiger partial charge in [0.15, 0.2) is 5.78 Å². The van der Waals surface area contributed by atoms with Crippen LogP contribution in [0.4, 0.5) is 26.3 Å². The second-order valence-corrected chi connectivity index (χ2v) is 10.6. The molecule has 0 aromatic rings. The third kappa shape index (κ3) is 6.30. The van der Waals surface area contributed by atoms with Crippen molar-refractivity contribution in [3.8, 4) is 0 Å². The van der Waals surface area contributed by atoms with Crippen molar-refractivity contribution in [3.63, 3.8) is 0 Å². The van der Waals surface area contributed by atoms with Gasteiger partial charge in [-0.1, -0.05) is 6.42 Å². The number of likely N-dealkylation sites (tertiary alicyclic amines) is 1. The summed E-state index contributed by atoms with van der Waals surface area (Å²) < 4.78 is 81.1. The Morgan fingerprint density at radius 1 is 1.08 bits per heavy atom. The first-order valence-electron chi connectivity index (χ1n) is 12.6. The van der Waals surface area contributed by atoms with Gasteiger partial charge in [-0.05, 0) is 50.4 Å². The van der Waals surface area contributed by atoms with E-state index in [1.807, 2.05) is 0 Å². The second-order valence-electron chi connectivity index (χ2n) is 10.6. The van der Waals surface area contributed by atoms with Crippen LogP contribution in [0.15, 0.2) is 0 Å². The molecule has 39 heavy (non-hydrogen) atoms. The van der Waals surface area contributed by atoms with Gasteiger partial charge in [-0.25, -0.2) is 0 Å². The fourth-order valence-corrected chi connectivity index (χ4v) is 5.79. The Morgan fingerprint density at radius 2 is 1.77 bits per heavy atom. The van der Waals surface area contributed by atoms with Crippen LogP contribution in [0, 0.1) is 17.8 Å². The molecular formula is C23H28F6N4O6. The van der Waals surface area contributed by atoms with Gasteiger partial charge in [0.1, 0.15) is 18.2 Å². The van der Waals surface area contributed by atoms with Crippen LogP contribution in [0.1, 0.15) is 44.9 Å². The fraction of sp³-hybridized carbons (Fsp3) is 0.783. The SMILES string of the molecule is O=C(NC1(C(F)(F)F)CC1)C(=O)N1CC2CCCC2C1C(=O)NC(CC1CCNC1=O)C(=O)COC(F)(F)F. The van der Waals surface area contributed by atoms with E-state index >= 15 is 0 Å². The van der Waals surface area contributed by atoms with Crippen molar-refractivity contribution >= 4 is 29.4 Å². The molecule has 0 radical (unpaired) electrons. The molecule has 4 rings (SSSR count). The van der Waals surface area contributed by atoms with Gasteiger partial charge in [-0.2, -0.15) is 13.2 Å². The molecular weight excluding hydrogens is 542 g/mol. The first-order chi connectivity index (χ1) is 18.1. The highest BCUT2D eigenvalue weighted by Gasteiger charge is 2.65. The molecule has 4 fully saturated rings. The number of ether oxygens (including phenoxy) is 1. The lowest BCUT2D eigenvalue weighted by atomic mass is 9.92. The molecule has 5 atom stereocenters. The van der Waals surface area contributed by atoms with E-state index in [0.29, 0.717) is 19.3 Å². The number of halogens is 6. The van der Waals surface area contributed by atoms with Gasteiger partial charge in [-0.3, -0.25) is 28.7 Å². The number of fused-ring (bicyclic) bond motifs is 1. The van der Waals surface area contributed by atoms with Gasteiger partial charge in [0.05, 0.1) is 6.04 Å². The van der Waals surface area contributed by atoms with Crippen LogP contribution in [0.5, 0.6) is 0 Å². The summed E-state index contributed by atoms with van der Waals surface area (Å²) in [4.78, 5) is 64.5. The quantitative estimate of drug-likeness (QED) is 0.294. The lowest BCUT2D eigenvalue weighted by Gasteiger charge is -2.29. The monoisotopic (exact) mass is 570 g/mol. The number of hydrogen-bond acceptors (Lipinski definition) is 6. The maximum atomic E-state index is 13.4. The normalized spacial score (nSPS) is 28.5. The molecule has 2 saturated heterocycles. The molecule has 0 aromatic carbocycles. The zero-order chi connectivity index (χ0) is 28.8. The minimum Gasteiger partial charge on any atom is -0.356 e. The summed E-state index contributed by atoms with van der Waals surface area (Å²) in [7, 11) is 0. The summed E-state index contributed by atoms with van der Waals surface area (Å²) in [5, 5.41) is 6.61. The van der Waals surface area contributed by atoms with Crippen LogP contribution in [0.2, 0.25) is 0 Å². The molecule has 4 amide bonds. The number of Topliss-reactive ketones (excluding diaryl/α,β-unsaturated/α-hetero) is 1. The lowest BCUT2D eigenvalue weighted by Crippen LogP contribution is -2.58. The summed E-state index contributed by atoms with van der Waals surface area (Å²) in [6.45, 7) is -1.22. The highest BCUT2D eigenvalue weighted by Crippen LogP contribution is 2.49. The third-order valence-electron chi connectivity index (χ3n) is 8.03. The van der Waals surface area contributed by atoms with Crippen LogP contribution >= 0.6 is 0 Å². The number of carbonyl (C=O) groups excluding carboxylic acids is 5. The topological polar surface area (TPSA) is 134 Å². The van der Waals surface area contributed by atoms with Crippen molar-refractivity contribution < 1.29 is 55.1 Å². The number of ketones is 1. The van der Waals surface area contributed by atoms with E-state index < -0.39 is 78.0 Å². The Bertz CT molecular complexity index is 1030. The molecule has 2 aliphatic carbocycles. The van der Waals surface area contributed by atoms with E-state index in [0.717, 1.165) is 4.90 Å². The van der Waals surface area contributed by atoms with E-state index in [1.165, 1.54) is 0 Å². The standard InChI is InChI=1S/C23H28F6N4O6/c24-22(25,26)21(5-6-21)32-19(37)20(38)33-9-12-2-1-3-13(12)16(33)18(36)31-14(8-11-4-7-30-17(11)35)15(34)10-39-23(27,28)29/h11-14,16H,1-10H2,(H,30,35)(H,31,36)(H,32,37). The summed E-state index contributed by atoms with van der Waals surface area (Å²) in [5.74, 6) is -6.84. The number of alkyl halides is 6. The molecule has 0 bridgehead atoms. The molecule has 5 unspecified atom stereocenters. The lowest BCUT2D eigenvalue weighted by molar-refractivity contribution is -0.321. The second kappa shape index (κ2) is 10.6. The highest BCUT2D eigenvalue weighted by atomic mass is 19.4. The molecule has 0 aromatic heterocycles. The number of amides is 4. The molecule has 2 aliphatic heterocycles. The van der Waals surface area contributed by atoms with E-state index in [4.69, 9.17) is 0 Å². The smallest absolute Gasteiger partial charge is 0.356 e. The number of hydrogen-bond donors (Lipinski definition) is 3. The predicted octanol–water partition coefficient (Wildman–Crippen LogP) is 0.941. The van der Waals surface area contributed by atoms with E-state index in [-0.39, 0.29) is 44.7 Å². The molecule has 10 nitrogen and oxygen atoms in total. The minimum absolute atomic E-state index is 0.0746. The first kappa shape index (κ1) is 29.1. The van der Waals surface area contributed by atoms with Crippen molar-refractivity contribution in [2.75, 3.05) is 19.7 Å². The van der Waals surface area contributed by atoms with Crippen LogP contribution in [0.3, 0.4) is 0 Å². The molecule has 2 saturated carbocycles. The van der Waals surface area contributed by atoms with Gasteiger partial charge < -0.3 is 20.9 Å². The summed E-state index contributed by atoms with van der Waals surface area (Å²) in [5.41, 5.74) is -2.50. The van der Waals surface area contributed by atoms with Gasteiger partial charge in [0.25, 0.3) is 0 Å². The number of carbonyl (C=O) groups is 5. The van der Waals surface area contributed by atoms with Crippen molar-refractivity contribution in [2.45, 2.75) is 75.1 Å². The van der Waals surface area contributed by atoms with Gasteiger partial charge in [0.2, 0.25) is 11.8 Å². The van der Waals surface area contributed by atoms with E-state index in [2.05, 4.69) is 15.4 Å². The molecule has 4 aliphatic rings. The number of nitrogens with one attached hydrogen (secondary N) is 3. The summed E-state index contributed by atoms with van der Waals surface area (Å²) in [6.07, 6.45) is -8.96. The van der Waals surface area contributed by atoms with Crippen molar-refractivity contribution in [1.29, 1.82) is 0 Å². The minimum atomic E-state index is -5.12. The maximum absolute atomic E-state index is 13.4. The van der Waals surface area contributed by atoms with Crippen molar-refractivity contribution in [3.05, 3.63) is 0 Å². The van der Waals surface area contributed by atoms with Crippen LogP contribution < -0.4 is 16.0 Å². The molecule has 2 heterocycles. The van der Waals surface area contributed by atoms with Crippen LogP contribution in [0.25, 0.3) is 0 Å². The van der Waals surface area contributed by atoms with Crippen LogP contribution in [-0.2, 0) is 28.7 Å².